The lowest BCUT2D eigenvalue weighted by Crippen LogP contribution is -2.34. The van der Waals surface area contributed by atoms with Gasteiger partial charge in [0, 0.05) is 5.92 Å². The molecule has 0 spiro atoms. The molecule has 1 atom stereocenters. The van der Waals surface area contributed by atoms with Crippen molar-refractivity contribution in [3.63, 3.8) is 0 Å². The molecule has 0 saturated heterocycles. The first-order chi connectivity index (χ1) is 9.40. The summed E-state index contributed by atoms with van der Waals surface area (Å²) in [5.74, 6) is 0.807. The Hall–Kier alpha value is -0.970. The molecule has 0 aromatic rings. The van der Waals surface area contributed by atoms with Crippen molar-refractivity contribution in [3.8, 4) is 0 Å². The number of quaternary nitrogens is 1. The fourth-order valence-electron chi connectivity index (χ4n) is 3.36. The normalized spacial score (nSPS) is 36.6. The second kappa shape index (κ2) is 4.79. The van der Waals surface area contributed by atoms with Gasteiger partial charge in [0.15, 0.2) is 11.8 Å². The smallest absolute Gasteiger partial charge is 0.218 e. The summed E-state index contributed by atoms with van der Waals surface area (Å²) in [7, 11) is 0. The Morgan fingerprint density at radius 2 is 2.00 bits per heavy atom. The Kier molecular flexibility index (Phi) is 3.35. The van der Waals surface area contributed by atoms with Gasteiger partial charge in [-0.15, -0.1) is 4.00 Å². The predicted octanol–water partition coefficient (Wildman–Crippen LogP) is 3.34. The highest BCUT2D eigenvalue weighted by Gasteiger charge is 2.41. The topological polar surface area (TPSA) is 45.0 Å². The Bertz CT molecular complexity index is 522. The molecular weight excluding hydrogens is 274 g/mol. The van der Waals surface area contributed by atoms with Crippen molar-refractivity contribution in [2.45, 2.75) is 45.1 Å². The molecule has 4 nitrogen and oxygen atoms in total. The summed E-state index contributed by atoms with van der Waals surface area (Å²) in [5.41, 5.74) is 1.46. The molecule has 1 unspecified atom stereocenters. The molecule has 1 N–H and O–H groups in total. The van der Waals surface area contributed by atoms with Crippen LogP contribution < -0.4 is 0 Å². The first-order valence-electron chi connectivity index (χ1n) is 7.21. The summed E-state index contributed by atoms with van der Waals surface area (Å²) in [6.45, 7) is 3.82. The third kappa shape index (κ3) is 2.36. The summed E-state index contributed by atoms with van der Waals surface area (Å²) in [6.07, 6.45) is 11.3. The molecule has 2 heterocycles. The molecule has 0 bridgehead atoms. The monoisotopic (exact) mass is 294 g/mol. The highest BCUT2D eigenvalue weighted by Crippen LogP contribution is 2.42. The van der Waals surface area contributed by atoms with E-state index >= 15 is 0 Å². The fraction of sp³-hybridized carbons (Fsp3) is 0.600. The molecule has 1 aliphatic carbocycles. The highest BCUT2D eigenvalue weighted by molar-refractivity contribution is 6.14. The van der Waals surface area contributed by atoms with Crippen LogP contribution in [-0.2, 0) is 0 Å². The van der Waals surface area contributed by atoms with Crippen LogP contribution in [0.4, 0.5) is 0 Å². The second-order valence-corrected chi connectivity index (χ2v) is 7.04. The van der Waals surface area contributed by atoms with Crippen molar-refractivity contribution in [2.75, 3.05) is 0 Å². The Morgan fingerprint density at radius 1 is 1.30 bits per heavy atom. The molecule has 2 aliphatic heterocycles. The van der Waals surface area contributed by atoms with Crippen LogP contribution in [0.5, 0.6) is 0 Å². The van der Waals surface area contributed by atoms with Gasteiger partial charge >= 0.3 is 0 Å². The quantitative estimate of drug-likeness (QED) is 0.780. The van der Waals surface area contributed by atoms with E-state index in [1.165, 1.54) is 0 Å². The van der Waals surface area contributed by atoms with Crippen LogP contribution in [0.3, 0.4) is 0 Å². The first-order valence-corrected chi connectivity index (χ1v) is 7.55. The van der Waals surface area contributed by atoms with Gasteiger partial charge in [0.05, 0.1) is 18.0 Å². The van der Waals surface area contributed by atoms with Crippen molar-refractivity contribution in [1.82, 2.24) is 0 Å². The number of rotatable bonds is 2. The van der Waals surface area contributed by atoms with Gasteiger partial charge in [-0.1, -0.05) is 0 Å². The molecule has 1 saturated carbocycles. The van der Waals surface area contributed by atoms with Crippen LogP contribution in [0.25, 0.3) is 0 Å². The Morgan fingerprint density at radius 3 is 2.65 bits per heavy atom. The molecule has 1 fully saturated rings. The van der Waals surface area contributed by atoms with Crippen LogP contribution in [0.1, 0.15) is 39.5 Å². The lowest BCUT2D eigenvalue weighted by atomic mass is 9.74. The van der Waals surface area contributed by atoms with Crippen LogP contribution in [0, 0.1) is 11.8 Å². The predicted molar refractivity (Wildman–Crippen MR) is 81.0 cm³/mol. The van der Waals surface area contributed by atoms with Crippen molar-refractivity contribution < 1.29 is 9.11 Å². The van der Waals surface area contributed by atoms with E-state index in [-0.39, 0.29) is 4.00 Å². The average Bonchev–Trinajstić information content (AvgIpc) is 2.75. The van der Waals surface area contributed by atoms with Crippen molar-refractivity contribution in [2.24, 2.45) is 21.8 Å². The molecule has 108 valence electrons. The van der Waals surface area contributed by atoms with Crippen molar-refractivity contribution in [3.05, 3.63) is 23.8 Å². The summed E-state index contributed by atoms with van der Waals surface area (Å²) >= 11 is 6.50. The molecule has 5 heteroatoms. The number of halogens is 1. The maximum absolute atomic E-state index is 10.1. The fourth-order valence-corrected chi connectivity index (χ4v) is 3.58. The minimum Gasteiger partial charge on any atom is -0.390 e. The number of aliphatic imine (C=N–C) groups is 2. The van der Waals surface area contributed by atoms with Crippen LogP contribution in [-0.4, -0.2) is 27.3 Å². The molecule has 20 heavy (non-hydrogen) atoms. The van der Waals surface area contributed by atoms with E-state index in [0.717, 1.165) is 37.1 Å². The van der Waals surface area contributed by atoms with E-state index in [2.05, 4.69) is 9.98 Å². The minimum atomic E-state index is -0.580. The van der Waals surface area contributed by atoms with E-state index in [4.69, 9.17) is 11.8 Å². The van der Waals surface area contributed by atoms with E-state index < -0.39 is 5.60 Å². The zero-order valence-electron chi connectivity index (χ0n) is 12.0. The molecule has 3 aliphatic rings. The summed E-state index contributed by atoms with van der Waals surface area (Å²) < 4.78 is 0.115. The van der Waals surface area contributed by atoms with Crippen molar-refractivity contribution >= 4 is 24.3 Å². The maximum Gasteiger partial charge on any atom is 0.218 e. The van der Waals surface area contributed by atoms with Gasteiger partial charge in [-0.25, -0.2) is 0 Å². The van der Waals surface area contributed by atoms with Gasteiger partial charge < -0.3 is 5.11 Å². The average molecular weight is 295 g/mol. The largest absolute Gasteiger partial charge is 0.390 e. The molecule has 0 aromatic carbocycles. The van der Waals surface area contributed by atoms with Crippen LogP contribution in [0.2, 0.25) is 0 Å². The summed E-state index contributed by atoms with van der Waals surface area (Å²) in [5, 5.41) is 10.1. The van der Waals surface area contributed by atoms with Gasteiger partial charge in [-0.05, 0) is 45.4 Å². The Balaban J connectivity index is 1.77. The van der Waals surface area contributed by atoms with E-state index in [9.17, 15) is 5.11 Å². The van der Waals surface area contributed by atoms with E-state index in [1.807, 2.05) is 26.3 Å². The first kappa shape index (κ1) is 14.0. The number of hydrogen-bond acceptors (Lipinski definition) is 3. The number of aliphatic hydroxyl groups is 1. The summed E-state index contributed by atoms with van der Waals surface area (Å²) in [4.78, 5) is 8.73. The third-order valence-corrected chi connectivity index (χ3v) is 5.06. The zero-order valence-corrected chi connectivity index (χ0v) is 12.7. The highest BCUT2D eigenvalue weighted by atomic mass is 35.5. The zero-order chi connectivity index (χ0) is 14.4. The molecule has 0 radical (unpaired) electrons. The van der Waals surface area contributed by atoms with Gasteiger partial charge in [0.2, 0.25) is 12.0 Å². The number of allylic oxidation sites excluding steroid dienone is 2. The maximum atomic E-state index is 10.1. The number of hydrogen-bond donors (Lipinski definition) is 1. The second-order valence-electron chi connectivity index (χ2n) is 6.48. The lowest BCUT2D eigenvalue weighted by Gasteiger charge is -2.35. The number of nitrogens with zero attached hydrogens (tertiary/aromatic N) is 3. The standard InChI is InChI=1S/C15H21ClN3O/c1-15(2,20)12-5-3-11(4-6-12)14-13-9-17-7-8-19(13,16)10-18-14/h7-12,20H,3-6H2,1-2H3/q+1. The van der Waals surface area contributed by atoms with Crippen LogP contribution >= 0.6 is 11.8 Å². The van der Waals surface area contributed by atoms with Gasteiger partial charge in [0.1, 0.15) is 11.9 Å². The van der Waals surface area contributed by atoms with E-state index in [0.29, 0.717) is 11.8 Å². The van der Waals surface area contributed by atoms with Gasteiger partial charge in [-0.3, -0.25) is 4.99 Å². The van der Waals surface area contributed by atoms with Crippen LogP contribution in [0.15, 0.2) is 33.8 Å². The van der Waals surface area contributed by atoms with E-state index in [1.54, 1.807) is 12.5 Å². The Labute approximate surface area is 124 Å². The molecule has 0 amide bonds. The SMILES string of the molecule is CC(C)(O)C1CCC(C2=C3C=NC=C[N+]3(Cl)C=N2)CC1. The molecular formula is C15H21ClN3O+. The molecule has 0 aromatic heterocycles. The van der Waals surface area contributed by atoms with Crippen molar-refractivity contribution in [1.29, 1.82) is 0 Å². The summed E-state index contributed by atoms with van der Waals surface area (Å²) in [6, 6.07) is 0. The van der Waals surface area contributed by atoms with Gasteiger partial charge in [-0.2, -0.15) is 4.99 Å². The minimum absolute atomic E-state index is 0.115. The number of fused-ring (bicyclic) bond motifs is 1. The molecule has 3 rings (SSSR count). The lowest BCUT2D eigenvalue weighted by molar-refractivity contribution is -0.592. The third-order valence-electron chi connectivity index (χ3n) is 4.68. The van der Waals surface area contributed by atoms with Gasteiger partial charge in [0.25, 0.3) is 0 Å².